The number of carbonyl (C=O) groups excluding carboxylic acids is 1. The Morgan fingerprint density at radius 3 is 3.17 bits per heavy atom. The number of pyridine rings is 1. The summed E-state index contributed by atoms with van der Waals surface area (Å²) in [6.07, 6.45) is 5.53. The standard InChI is InChI=1S/C14H20N2O2/c1-2-3-11-18-14(17)16-10-6-8-13(16)12-7-4-5-9-15-12/h4-5,7,9,13H,2-3,6,8,10-11H2,1H3. The molecule has 0 radical (unpaired) electrons. The van der Waals surface area contributed by atoms with Gasteiger partial charge in [0.2, 0.25) is 0 Å². The Morgan fingerprint density at radius 1 is 1.56 bits per heavy atom. The summed E-state index contributed by atoms with van der Waals surface area (Å²) < 4.78 is 5.28. The predicted octanol–water partition coefficient (Wildman–Crippen LogP) is 3.16. The van der Waals surface area contributed by atoms with Crippen molar-refractivity contribution in [3.63, 3.8) is 0 Å². The Bertz CT molecular complexity index is 381. The number of unbranched alkanes of at least 4 members (excludes halogenated alkanes) is 1. The molecule has 0 aliphatic carbocycles. The summed E-state index contributed by atoms with van der Waals surface area (Å²) in [5, 5.41) is 0. The van der Waals surface area contributed by atoms with E-state index in [0.29, 0.717) is 6.61 Å². The van der Waals surface area contributed by atoms with Crippen molar-refractivity contribution >= 4 is 6.09 Å². The number of hydrogen-bond acceptors (Lipinski definition) is 3. The highest BCUT2D eigenvalue weighted by molar-refractivity contribution is 5.68. The molecular weight excluding hydrogens is 228 g/mol. The zero-order valence-corrected chi connectivity index (χ0v) is 10.8. The predicted molar refractivity (Wildman–Crippen MR) is 69.2 cm³/mol. The summed E-state index contributed by atoms with van der Waals surface area (Å²) in [6.45, 7) is 3.37. The molecule has 1 aliphatic heterocycles. The van der Waals surface area contributed by atoms with E-state index in [-0.39, 0.29) is 12.1 Å². The van der Waals surface area contributed by atoms with Crippen molar-refractivity contribution in [3.8, 4) is 0 Å². The molecule has 2 heterocycles. The molecule has 1 atom stereocenters. The van der Waals surface area contributed by atoms with Crippen molar-refractivity contribution in [2.45, 2.75) is 38.6 Å². The van der Waals surface area contributed by atoms with Gasteiger partial charge in [-0.05, 0) is 31.4 Å². The number of amides is 1. The number of rotatable bonds is 4. The molecule has 18 heavy (non-hydrogen) atoms. The number of aromatic nitrogens is 1. The second-order valence-electron chi connectivity index (χ2n) is 4.57. The molecule has 98 valence electrons. The van der Waals surface area contributed by atoms with Gasteiger partial charge in [0, 0.05) is 12.7 Å². The molecule has 4 heteroatoms. The maximum atomic E-state index is 12.0. The van der Waals surface area contributed by atoms with Gasteiger partial charge in [0.1, 0.15) is 0 Å². The highest BCUT2D eigenvalue weighted by Crippen LogP contribution is 2.30. The van der Waals surface area contributed by atoms with Gasteiger partial charge in [-0.1, -0.05) is 19.4 Å². The van der Waals surface area contributed by atoms with E-state index in [2.05, 4.69) is 11.9 Å². The fourth-order valence-corrected chi connectivity index (χ4v) is 2.25. The summed E-state index contributed by atoms with van der Waals surface area (Å²) in [5.41, 5.74) is 0.961. The van der Waals surface area contributed by atoms with Crippen molar-refractivity contribution in [2.75, 3.05) is 13.2 Å². The second kappa shape index (κ2) is 6.38. The van der Waals surface area contributed by atoms with E-state index in [1.807, 2.05) is 18.2 Å². The third kappa shape index (κ3) is 3.00. The van der Waals surface area contributed by atoms with Gasteiger partial charge in [-0.2, -0.15) is 0 Å². The molecule has 0 spiro atoms. The molecule has 0 bridgehead atoms. The van der Waals surface area contributed by atoms with E-state index in [9.17, 15) is 4.79 Å². The molecule has 1 saturated heterocycles. The van der Waals surface area contributed by atoms with Crippen molar-refractivity contribution < 1.29 is 9.53 Å². The maximum absolute atomic E-state index is 12.0. The van der Waals surface area contributed by atoms with Gasteiger partial charge in [0.05, 0.1) is 18.3 Å². The Kier molecular flexibility index (Phi) is 4.56. The molecule has 1 aromatic rings. The van der Waals surface area contributed by atoms with Gasteiger partial charge >= 0.3 is 6.09 Å². The van der Waals surface area contributed by atoms with Crippen molar-refractivity contribution in [1.82, 2.24) is 9.88 Å². The molecule has 4 nitrogen and oxygen atoms in total. The summed E-state index contributed by atoms with van der Waals surface area (Å²) in [7, 11) is 0. The highest BCUT2D eigenvalue weighted by Gasteiger charge is 2.31. The quantitative estimate of drug-likeness (QED) is 0.769. The summed E-state index contributed by atoms with van der Waals surface area (Å²) in [4.78, 5) is 18.1. The van der Waals surface area contributed by atoms with Crippen LogP contribution in [0.15, 0.2) is 24.4 Å². The first-order chi connectivity index (χ1) is 8.83. The summed E-state index contributed by atoms with van der Waals surface area (Å²) >= 11 is 0. The lowest BCUT2D eigenvalue weighted by Crippen LogP contribution is -2.31. The monoisotopic (exact) mass is 248 g/mol. The average Bonchev–Trinajstić information content (AvgIpc) is 2.89. The van der Waals surface area contributed by atoms with E-state index in [0.717, 1.165) is 37.9 Å². The smallest absolute Gasteiger partial charge is 0.410 e. The summed E-state index contributed by atoms with van der Waals surface area (Å²) in [6, 6.07) is 5.91. The molecule has 1 amide bonds. The molecule has 1 fully saturated rings. The lowest BCUT2D eigenvalue weighted by molar-refractivity contribution is 0.0962. The molecule has 2 rings (SSSR count). The molecule has 0 saturated carbocycles. The lowest BCUT2D eigenvalue weighted by atomic mass is 10.1. The van der Waals surface area contributed by atoms with Gasteiger partial charge in [0.15, 0.2) is 0 Å². The number of hydrogen-bond donors (Lipinski definition) is 0. The summed E-state index contributed by atoms with van der Waals surface area (Å²) in [5.74, 6) is 0. The first-order valence-corrected chi connectivity index (χ1v) is 6.67. The van der Waals surface area contributed by atoms with Crippen molar-refractivity contribution in [2.24, 2.45) is 0 Å². The van der Waals surface area contributed by atoms with Crippen LogP contribution in [0.5, 0.6) is 0 Å². The lowest BCUT2D eigenvalue weighted by Gasteiger charge is -2.23. The highest BCUT2D eigenvalue weighted by atomic mass is 16.6. The third-order valence-corrected chi connectivity index (χ3v) is 3.24. The molecule has 0 N–H and O–H groups in total. The van der Waals surface area contributed by atoms with Gasteiger partial charge in [0.25, 0.3) is 0 Å². The van der Waals surface area contributed by atoms with E-state index in [1.165, 1.54) is 0 Å². The zero-order chi connectivity index (χ0) is 12.8. The fraction of sp³-hybridized carbons (Fsp3) is 0.571. The number of carbonyl (C=O) groups is 1. The SMILES string of the molecule is CCCCOC(=O)N1CCCC1c1ccccn1. The molecular formula is C14H20N2O2. The first kappa shape index (κ1) is 12.9. The first-order valence-electron chi connectivity index (χ1n) is 6.67. The van der Waals surface area contributed by atoms with Gasteiger partial charge in [-0.25, -0.2) is 4.79 Å². The number of nitrogens with zero attached hydrogens (tertiary/aromatic N) is 2. The maximum Gasteiger partial charge on any atom is 0.410 e. The molecule has 1 aromatic heterocycles. The van der Waals surface area contributed by atoms with Gasteiger partial charge < -0.3 is 4.74 Å². The molecule has 1 aliphatic rings. The Balaban J connectivity index is 1.97. The molecule has 0 aromatic carbocycles. The van der Waals surface area contributed by atoms with E-state index >= 15 is 0 Å². The number of likely N-dealkylation sites (tertiary alicyclic amines) is 1. The van der Waals surface area contributed by atoms with Gasteiger partial charge in [-0.3, -0.25) is 9.88 Å². The van der Waals surface area contributed by atoms with Crippen LogP contribution < -0.4 is 0 Å². The van der Waals surface area contributed by atoms with Crippen molar-refractivity contribution in [3.05, 3.63) is 30.1 Å². The fourth-order valence-electron chi connectivity index (χ4n) is 2.25. The minimum absolute atomic E-state index is 0.0836. The van der Waals surface area contributed by atoms with Crippen LogP contribution >= 0.6 is 0 Å². The van der Waals surface area contributed by atoms with Gasteiger partial charge in [-0.15, -0.1) is 0 Å². The Labute approximate surface area is 108 Å². The van der Waals surface area contributed by atoms with Crippen LogP contribution in [0, 0.1) is 0 Å². The van der Waals surface area contributed by atoms with Crippen LogP contribution in [0.25, 0.3) is 0 Å². The Morgan fingerprint density at radius 2 is 2.44 bits per heavy atom. The zero-order valence-electron chi connectivity index (χ0n) is 10.8. The second-order valence-corrected chi connectivity index (χ2v) is 4.57. The van der Waals surface area contributed by atoms with Crippen LogP contribution in [0.4, 0.5) is 4.79 Å². The minimum atomic E-state index is -0.198. The topological polar surface area (TPSA) is 42.4 Å². The van der Waals surface area contributed by atoms with Crippen LogP contribution in [0.1, 0.15) is 44.3 Å². The Hall–Kier alpha value is -1.58. The van der Waals surface area contributed by atoms with E-state index in [4.69, 9.17) is 4.74 Å². The number of ether oxygens (including phenoxy) is 1. The van der Waals surface area contributed by atoms with Crippen LogP contribution in [0.2, 0.25) is 0 Å². The van der Waals surface area contributed by atoms with E-state index < -0.39 is 0 Å². The average molecular weight is 248 g/mol. The van der Waals surface area contributed by atoms with Crippen LogP contribution in [0.3, 0.4) is 0 Å². The van der Waals surface area contributed by atoms with Crippen LogP contribution in [-0.2, 0) is 4.74 Å². The van der Waals surface area contributed by atoms with Crippen molar-refractivity contribution in [1.29, 1.82) is 0 Å². The minimum Gasteiger partial charge on any atom is -0.449 e. The van der Waals surface area contributed by atoms with E-state index in [1.54, 1.807) is 11.1 Å². The van der Waals surface area contributed by atoms with Crippen LogP contribution in [-0.4, -0.2) is 29.1 Å². The largest absolute Gasteiger partial charge is 0.449 e. The normalized spacial score (nSPS) is 18.9. The third-order valence-electron chi connectivity index (χ3n) is 3.24. The molecule has 1 unspecified atom stereocenters.